The lowest BCUT2D eigenvalue weighted by molar-refractivity contribution is 0.538. The largest absolute Gasteiger partial charge is 0.320 e. The van der Waals surface area contributed by atoms with Crippen LogP contribution in [0.1, 0.15) is 25.7 Å². The molecule has 16 heavy (non-hydrogen) atoms. The molecule has 2 aromatic rings. The fraction of sp³-hybridized carbons (Fsp3) is 0.600. The normalized spacial score (nSPS) is 10.8. The van der Waals surface area contributed by atoms with Crippen molar-refractivity contribution in [1.82, 2.24) is 29.5 Å². The summed E-state index contributed by atoms with van der Waals surface area (Å²) in [7, 11) is 0. The Balaban J connectivity index is 1.49. The molecule has 0 amide bonds. The number of hydrogen-bond acceptors (Lipinski definition) is 4. The summed E-state index contributed by atoms with van der Waals surface area (Å²) >= 11 is 0. The summed E-state index contributed by atoms with van der Waals surface area (Å²) in [6.45, 7) is 2.03. The van der Waals surface area contributed by atoms with Gasteiger partial charge in [0.1, 0.15) is 25.3 Å². The second-order valence-electron chi connectivity index (χ2n) is 3.81. The molecule has 0 radical (unpaired) electrons. The highest BCUT2D eigenvalue weighted by Crippen LogP contribution is 2.03. The fourth-order valence-corrected chi connectivity index (χ4v) is 1.62. The van der Waals surface area contributed by atoms with Gasteiger partial charge in [0.05, 0.1) is 0 Å². The summed E-state index contributed by atoms with van der Waals surface area (Å²) < 4.78 is 4.03. The summed E-state index contributed by atoms with van der Waals surface area (Å²) in [6, 6.07) is 0. The van der Waals surface area contributed by atoms with Crippen molar-refractivity contribution in [3.63, 3.8) is 0 Å². The first-order valence-corrected chi connectivity index (χ1v) is 5.60. The zero-order valence-electron chi connectivity index (χ0n) is 9.24. The van der Waals surface area contributed by atoms with Gasteiger partial charge in [0.15, 0.2) is 0 Å². The van der Waals surface area contributed by atoms with E-state index < -0.39 is 0 Å². The predicted octanol–water partition coefficient (Wildman–Crippen LogP) is 1.13. The van der Waals surface area contributed by atoms with Gasteiger partial charge in [-0.15, -0.1) is 20.4 Å². The van der Waals surface area contributed by atoms with E-state index in [4.69, 9.17) is 0 Å². The van der Waals surface area contributed by atoms with E-state index in [0.29, 0.717) is 0 Å². The van der Waals surface area contributed by atoms with Crippen molar-refractivity contribution in [1.29, 1.82) is 0 Å². The SMILES string of the molecule is c1nncn1CCCCCCn1cnnc1. The number of rotatable bonds is 7. The van der Waals surface area contributed by atoms with E-state index in [1.807, 2.05) is 9.13 Å². The fourth-order valence-electron chi connectivity index (χ4n) is 1.62. The Hall–Kier alpha value is -1.72. The van der Waals surface area contributed by atoms with E-state index in [1.165, 1.54) is 25.7 Å². The van der Waals surface area contributed by atoms with Crippen LogP contribution in [0.2, 0.25) is 0 Å². The van der Waals surface area contributed by atoms with Crippen molar-refractivity contribution in [3.8, 4) is 0 Å². The van der Waals surface area contributed by atoms with Crippen molar-refractivity contribution < 1.29 is 0 Å². The Kier molecular flexibility index (Phi) is 4.04. The molecule has 2 aromatic heterocycles. The molecule has 0 saturated carbocycles. The standard InChI is InChI=1S/C10H16N6/c1(3-5-15-7-11-12-8-15)2-4-6-16-9-13-14-10-16/h7-10H,1-6H2. The van der Waals surface area contributed by atoms with Gasteiger partial charge in [-0.05, 0) is 12.8 Å². The zero-order chi connectivity index (χ0) is 11.1. The number of nitrogens with zero attached hydrogens (tertiary/aromatic N) is 6. The third kappa shape index (κ3) is 3.45. The molecule has 0 aliphatic rings. The van der Waals surface area contributed by atoms with Crippen LogP contribution in [-0.2, 0) is 13.1 Å². The molecule has 6 nitrogen and oxygen atoms in total. The van der Waals surface area contributed by atoms with Crippen LogP contribution >= 0.6 is 0 Å². The van der Waals surface area contributed by atoms with Gasteiger partial charge in [0.2, 0.25) is 0 Å². The Bertz CT molecular complexity index is 328. The first-order chi connectivity index (χ1) is 7.95. The van der Waals surface area contributed by atoms with Gasteiger partial charge in [-0.2, -0.15) is 0 Å². The summed E-state index contributed by atoms with van der Waals surface area (Å²) in [5.41, 5.74) is 0. The molecule has 86 valence electrons. The summed E-state index contributed by atoms with van der Waals surface area (Å²) in [5.74, 6) is 0. The molecule has 0 N–H and O–H groups in total. The average Bonchev–Trinajstić information content (AvgIpc) is 2.96. The number of unbranched alkanes of at least 4 members (excludes halogenated alkanes) is 3. The molecule has 0 unspecified atom stereocenters. The van der Waals surface area contributed by atoms with Gasteiger partial charge < -0.3 is 9.13 Å². The molecule has 6 heteroatoms. The van der Waals surface area contributed by atoms with E-state index in [-0.39, 0.29) is 0 Å². The third-order valence-corrected chi connectivity index (χ3v) is 2.52. The Labute approximate surface area is 94.3 Å². The van der Waals surface area contributed by atoms with Crippen molar-refractivity contribution in [2.24, 2.45) is 0 Å². The molecule has 0 spiro atoms. The van der Waals surface area contributed by atoms with Crippen molar-refractivity contribution in [2.45, 2.75) is 38.8 Å². The van der Waals surface area contributed by atoms with Crippen molar-refractivity contribution in [3.05, 3.63) is 25.3 Å². The number of hydrogen-bond donors (Lipinski definition) is 0. The van der Waals surface area contributed by atoms with Crippen molar-refractivity contribution >= 4 is 0 Å². The summed E-state index contributed by atoms with van der Waals surface area (Å²) in [5, 5.41) is 15.1. The second kappa shape index (κ2) is 5.99. The third-order valence-electron chi connectivity index (χ3n) is 2.52. The highest BCUT2D eigenvalue weighted by molar-refractivity contribution is 4.61. The van der Waals surface area contributed by atoms with E-state index >= 15 is 0 Å². The highest BCUT2D eigenvalue weighted by Gasteiger charge is 1.94. The smallest absolute Gasteiger partial charge is 0.119 e. The summed E-state index contributed by atoms with van der Waals surface area (Å²) in [6.07, 6.45) is 11.9. The van der Waals surface area contributed by atoms with E-state index in [1.54, 1.807) is 25.3 Å². The van der Waals surface area contributed by atoms with Gasteiger partial charge in [-0.1, -0.05) is 12.8 Å². The Morgan fingerprint density at radius 3 is 1.31 bits per heavy atom. The van der Waals surface area contributed by atoms with E-state index in [0.717, 1.165) is 13.1 Å². The van der Waals surface area contributed by atoms with Gasteiger partial charge in [0, 0.05) is 13.1 Å². The molecular weight excluding hydrogens is 204 g/mol. The highest BCUT2D eigenvalue weighted by atomic mass is 15.2. The lowest BCUT2D eigenvalue weighted by atomic mass is 10.2. The number of aromatic nitrogens is 6. The van der Waals surface area contributed by atoms with Crippen LogP contribution < -0.4 is 0 Å². The second-order valence-corrected chi connectivity index (χ2v) is 3.81. The Morgan fingerprint density at radius 1 is 0.562 bits per heavy atom. The van der Waals surface area contributed by atoms with E-state index in [2.05, 4.69) is 20.4 Å². The zero-order valence-corrected chi connectivity index (χ0v) is 9.24. The topological polar surface area (TPSA) is 61.4 Å². The lowest BCUT2D eigenvalue weighted by Crippen LogP contribution is -1.96. The molecule has 2 heterocycles. The lowest BCUT2D eigenvalue weighted by Gasteiger charge is -2.02. The van der Waals surface area contributed by atoms with Gasteiger partial charge >= 0.3 is 0 Å². The molecule has 0 saturated heterocycles. The summed E-state index contributed by atoms with van der Waals surface area (Å²) in [4.78, 5) is 0. The molecule has 0 aromatic carbocycles. The Morgan fingerprint density at radius 2 is 0.938 bits per heavy atom. The van der Waals surface area contributed by atoms with Crippen molar-refractivity contribution in [2.75, 3.05) is 0 Å². The van der Waals surface area contributed by atoms with Crippen LogP contribution in [-0.4, -0.2) is 29.5 Å². The maximum atomic E-state index is 3.77. The van der Waals surface area contributed by atoms with Crippen LogP contribution in [0, 0.1) is 0 Å². The first kappa shape index (κ1) is 10.8. The molecule has 0 fully saturated rings. The molecular formula is C10H16N6. The van der Waals surface area contributed by atoms with Gasteiger partial charge in [0.25, 0.3) is 0 Å². The predicted molar refractivity (Wildman–Crippen MR) is 58.5 cm³/mol. The van der Waals surface area contributed by atoms with E-state index in [9.17, 15) is 0 Å². The maximum absolute atomic E-state index is 3.77. The average molecular weight is 220 g/mol. The molecule has 2 rings (SSSR count). The van der Waals surface area contributed by atoms with Gasteiger partial charge in [-0.3, -0.25) is 0 Å². The van der Waals surface area contributed by atoms with Gasteiger partial charge in [-0.25, -0.2) is 0 Å². The molecule has 0 atom stereocenters. The van der Waals surface area contributed by atoms with Crippen LogP contribution in [0.4, 0.5) is 0 Å². The first-order valence-electron chi connectivity index (χ1n) is 5.60. The monoisotopic (exact) mass is 220 g/mol. The minimum absolute atomic E-state index is 1.01. The molecule has 0 aliphatic heterocycles. The number of aryl methyl sites for hydroxylation is 2. The maximum Gasteiger partial charge on any atom is 0.119 e. The molecule has 0 bridgehead atoms. The quantitative estimate of drug-likeness (QED) is 0.656. The van der Waals surface area contributed by atoms with Crippen LogP contribution in [0.15, 0.2) is 25.3 Å². The van der Waals surface area contributed by atoms with Crippen LogP contribution in [0.25, 0.3) is 0 Å². The molecule has 0 aliphatic carbocycles. The minimum Gasteiger partial charge on any atom is -0.320 e. The van der Waals surface area contributed by atoms with Crippen LogP contribution in [0.5, 0.6) is 0 Å². The van der Waals surface area contributed by atoms with Crippen LogP contribution in [0.3, 0.4) is 0 Å². The minimum atomic E-state index is 1.01.